The number of nitrogens with two attached hydrogens (primary N) is 1. The van der Waals surface area contributed by atoms with Gasteiger partial charge in [-0.2, -0.15) is 13.2 Å². The molecule has 0 aromatic heterocycles. The number of benzene rings is 1. The Balaban J connectivity index is 1.87. The summed E-state index contributed by atoms with van der Waals surface area (Å²) in [5.41, 5.74) is 2.27. The monoisotopic (exact) mass is 538 g/mol. The maximum absolute atomic E-state index is 13.6. The minimum Gasteiger partial charge on any atom is -0.508 e. The van der Waals surface area contributed by atoms with Crippen LogP contribution < -0.4 is 10.6 Å². The number of phenolic OH excluding ortho intramolecular Hbond substituents is 1. The first-order chi connectivity index (χ1) is 17.5. The highest BCUT2D eigenvalue weighted by Gasteiger charge is 2.60. The molecule has 4 rings (SSSR count). The molecule has 206 valence electrons. The van der Waals surface area contributed by atoms with Crippen molar-refractivity contribution in [2.75, 3.05) is 19.0 Å². The van der Waals surface area contributed by atoms with Crippen molar-refractivity contribution < 1.29 is 48.0 Å². The minimum atomic E-state index is -4.42. The first-order valence-electron chi connectivity index (χ1n) is 12.1. The predicted octanol–water partition coefficient (Wildman–Crippen LogP) is 2.62. The highest BCUT2D eigenvalue weighted by Crippen LogP contribution is 2.53. The summed E-state index contributed by atoms with van der Waals surface area (Å²) in [5.74, 6) is -9.03. The molecule has 4 atom stereocenters. The van der Waals surface area contributed by atoms with E-state index in [9.17, 15) is 48.0 Å². The molecular weight excluding hydrogens is 509 g/mol. The molecule has 3 aliphatic carbocycles. The van der Waals surface area contributed by atoms with Crippen LogP contribution in [0.15, 0.2) is 23.0 Å². The molecule has 0 spiro atoms. The fourth-order valence-electron chi connectivity index (χ4n) is 5.85. The van der Waals surface area contributed by atoms with Gasteiger partial charge >= 0.3 is 6.18 Å². The van der Waals surface area contributed by atoms with Crippen LogP contribution in [0.1, 0.15) is 42.9 Å². The number of aliphatic hydroxyl groups excluding tert-OH is 2. The van der Waals surface area contributed by atoms with Crippen molar-refractivity contribution in [2.45, 2.75) is 50.8 Å². The quantitative estimate of drug-likeness (QED) is 0.358. The van der Waals surface area contributed by atoms with E-state index >= 15 is 0 Å². The van der Waals surface area contributed by atoms with Gasteiger partial charge in [-0.1, -0.05) is 6.92 Å². The number of carbonyl (C=O) groups is 3. The summed E-state index contributed by atoms with van der Waals surface area (Å²) < 4.78 is 39.2. The van der Waals surface area contributed by atoms with Gasteiger partial charge in [-0.25, -0.2) is 0 Å². The number of halogens is 3. The molecule has 0 radical (unpaired) electrons. The van der Waals surface area contributed by atoms with Crippen molar-refractivity contribution in [1.82, 2.24) is 0 Å². The third kappa shape index (κ3) is 4.01. The van der Waals surface area contributed by atoms with E-state index in [0.29, 0.717) is 11.3 Å². The lowest BCUT2D eigenvalue weighted by molar-refractivity contribution is -0.171. The Bertz CT molecular complexity index is 1310. The number of hydrogen-bond acceptors (Lipinski definition) is 8. The molecule has 6 N–H and O–H groups in total. The lowest BCUT2D eigenvalue weighted by Crippen LogP contribution is -2.58. The van der Waals surface area contributed by atoms with E-state index in [1.807, 2.05) is 0 Å². The molecular formula is C26H29F3N2O7. The van der Waals surface area contributed by atoms with Gasteiger partial charge in [0.25, 0.3) is 5.91 Å². The maximum Gasteiger partial charge on any atom is 0.391 e. The topological polar surface area (TPSA) is 161 Å². The van der Waals surface area contributed by atoms with Gasteiger partial charge in [-0.05, 0) is 48.8 Å². The van der Waals surface area contributed by atoms with Crippen molar-refractivity contribution in [3.63, 3.8) is 0 Å². The fraction of sp³-hybridized carbons (Fsp3) is 0.500. The van der Waals surface area contributed by atoms with Gasteiger partial charge in [0.1, 0.15) is 22.8 Å². The third-order valence-corrected chi connectivity index (χ3v) is 8.01. The summed E-state index contributed by atoms with van der Waals surface area (Å²) in [5, 5.41) is 44.3. The van der Waals surface area contributed by atoms with Crippen LogP contribution >= 0.6 is 0 Å². The Morgan fingerprint density at radius 2 is 1.84 bits per heavy atom. The summed E-state index contributed by atoms with van der Waals surface area (Å²) in [6.07, 6.45) is -5.25. The highest BCUT2D eigenvalue weighted by atomic mass is 19.4. The van der Waals surface area contributed by atoms with Crippen LogP contribution in [0.5, 0.6) is 5.75 Å². The molecule has 1 aromatic carbocycles. The Hall–Kier alpha value is -3.54. The van der Waals surface area contributed by atoms with Gasteiger partial charge in [-0.15, -0.1) is 0 Å². The number of nitrogens with zero attached hydrogens (tertiary/aromatic N) is 1. The van der Waals surface area contributed by atoms with E-state index in [-0.39, 0.29) is 42.4 Å². The zero-order chi connectivity index (χ0) is 28.5. The average Bonchev–Trinajstić information content (AvgIpc) is 2.79. The normalized spacial score (nSPS) is 26.1. The van der Waals surface area contributed by atoms with Crippen molar-refractivity contribution >= 4 is 28.9 Å². The number of aliphatic hydroxyl groups is 3. The largest absolute Gasteiger partial charge is 0.508 e. The molecule has 1 fully saturated rings. The van der Waals surface area contributed by atoms with Crippen LogP contribution in [0.4, 0.5) is 18.9 Å². The molecule has 0 aliphatic heterocycles. The Morgan fingerprint density at radius 3 is 2.39 bits per heavy atom. The number of rotatable bonds is 5. The maximum atomic E-state index is 13.6. The molecule has 0 bridgehead atoms. The van der Waals surface area contributed by atoms with Gasteiger partial charge in [0.05, 0.1) is 11.5 Å². The van der Waals surface area contributed by atoms with Gasteiger partial charge in [0, 0.05) is 37.7 Å². The van der Waals surface area contributed by atoms with Crippen molar-refractivity contribution in [2.24, 2.45) is 23.5 Å². The molecule has 3 aliphatic rings. The summed E-state index contributed by atoms with van der Waals surface area (Å²) in [4.78, 5) is 39.5. The molecule has 12 heteroatoms. The van der Waals surface area contributed by atoms with Gasteiger partial charge in [0.15, 0.2) is 11.4 Å². The number of aromatic hydroxyl groups is 1. The smallest absolute Gasteiger partial charge is 0.391 e. The van der Waals surface area contributed by atoms with Crippen LogP contribution in [0, 0.1) is 17.8 Å². The van der Waals surface area contributed by atoms with Gasteiger partial charge in [-0.3, -0.25) is 14.4 Å². The van der Waals surface area contributed by atoms with Crippen molar-refractivity contribution in [3.05, 3.63) is 39.7 Å². The summed E-state index contributed by atoms with van der Waals surface area (Å²) in [7, 11) is 3.37. The first kappa shape index (κ1) is 27.5. The molecule has 1 aromatic rings. The van der Waals surface area contributed by atoms with Crippen LogP contribution in [-0.4, -0.2) is 63.8 Å². The first-order valence-corrected chi connectivity index (χ1v) is 12.1. The Kier molecular flexibility index (Phi) is 6.54. The minimum absolute atomic E-state index is 0.0125. The molecule has 1 amide bonds. The van der Waals surface area contributed by atoms with E-state index in [0.717, 1.165) is 6.92 Å². The predicted molar refractivity (Wildman–Crippen MR) is 129 cm³/mol. The number of ketones is 2. The fourth-order valence-corrected chi connectivity index (χ4v) is 5.85. The number of alkyl halides is 3. The van der Waals surface area contributed by atoms with E-state index in [2.05, 4.69) is 0 Å². The van der Waals surface area contributed by atoms with Gasteiger partial charge in [0.2, 0.25) is 5.78 Å². The summed E-state index contributed by atoms with van der Waals surface area (Å²) in [6, 6.07) is 1.55. The summed E-state index contributed by atoms with van der Waals surface area (Å²) >= 11 is 0. The average molecular weight is 539 g/mol. The van der Waals surface area contributed by atoms with E-state index in [1.54, 1.807) is 25.1 Å². The van der Waals surface area contributed by atoms with E-state index in [1.165, 1.54) is 0 Å². The third-order valence-electron chi connectivity index (χ3n) is 8.01. The lowest BCUT2D eigenvalue weighted by Gasteiger charge is -2.46. The molecule has 1 unspecified atom stereocenters. The number of amides is 1. The SMILES string of the molecule is CC(CCc1cc(N(C)C)c2c(c1O)C(O)=C1C(=O)[C@]3(O)C(O)=C(C(N)=O)C(=O)C[C@@H]3C[C@@H]1C2)C(F)(F)F. The second kappa shape index (κ2) is 9.04. The number of carbonyl (C=O) groups excluding carboxylic acids is 3. The number of Topliss-reactive ketones (excluding diaryl/α,β-unsaturated/α-hetero) is 2. The van der Waals surface area contributed by atoms with Gasteiger partial charge < -0.3 is 31.1 Å². The lowest BCUT2D eigenvalue weighted by atomic mass is 9.59. The van der Waals surface area contributed by atoms with Crippen LogP contribution in [0.25, 0.3) is 5.76 Å². The molecule has 0 heterocycles. The highest BCUT2D eigenvalue weighted by molar-refractivity contribution is 6.22. The Labute approximate surface area is 216 Å². The number of aryl methyl sites for hydroxylation is 1. The Morgan fingerprint density at radius 1 is 1.21 bits per heavy atom. The van der Waals surface area contributed by atoms with Crippen molar-refractivity contribution in [1.29, 1.82) is 0 Å². The second-order valence-electron chi connectivity index (χ2n) is 10.5. The number of fused-ring (bicyclic) bond motifs is 3. The molecule has 0 saturated heterocycles. The van der Waals surface area contributed by atoms with Crippen LogP contribution in [-0.2, 0) is 27.2 Å². The summed E-state index contributed by atoms with van der Waals surface area (Å²) in [6.45, 7) is 1.03. The molecule has 9 nitrogen and oxygen atoms in total. The van der Waals surface area contributed by atoms with Crippen LogP contribution in [0.3, 0.4) is 0 Å². The van der Waals surface area contributed by atoms with Crippen LogP contribution in [0.2, 0.25) is 0 Å². The second-order valence-corrected chi connectivity index (χ2v) is 10.5. The number of anilines is 1. The molecule has 38 heavy (non-hydrogen) atoms. The zero-order valence-electron chi connectivity index (χ0n) is 21.0. The van der Waals surface area contributed by atoms with Crippen molar-refractivity contribution in [3.8, 4) is 5.75 Å². The number of phenols is 1. The number of hydrogen-bond donors (Lipinski definition) is 5. The zero-order valence-corrected chi connectivity index (χ0v) is 21.0. The van der Waals surface area contributed by atoms with E-state index < -0.39 is 76.3 Å². The number of primary amides is 1. The molecule has 1 saturated carbocycles. The van der Waals surface area contributed by atoms with E-state index in [4.69, 9.17) is 5.73 Å². The standard InChI is InChI=1S/C26H29F3N2O7/c1-10(26(27,28)29)4-5-11-8-15(31(2)3)14-7-12-6-13-9-16(32)19(24(30)37)23(36)25(13,38)22(35)17(12)21(34)18(14)20(11)33/h8,10,12-13,33-34,36,38H,4-7,9H2,1-3H3,(H2,30,37)/t10?,12-,13+,25+/m1/s1.